The Bertz CT molecular complexity index is 24.4. The second-order valence-corrected chi connectivity index (χ2v) is 7.12. The fourth-order valence-corrected chi connectivity index (χ4v) is 0. The second kappa shape index (κ2) is 15.8. The molecule has 0 aliphatic rings. The van der Waals surface area contributed by atoms with Crippen LogP contribution in [-0.4, -0.2) is 24.1 Å². The molecule has 0 aromatic rings. The monoisotopic (exact) mass is 289 g/mol. The van der Waals surface area contributed by atoms with Gasteiger partial charge in [-0.2, -0.15) is 7.35 Å². The van der Waals surface area contributed by atoms with E-state index in [0.29, 0.717) is 0 Å². The number of rotatable bonds is 0. The molecule has 0 bridgehead atoms. The van der Waals surface area contributed by atoms with E-state index in [0.717, 1.165) is 0 Å². The van der Waals surface area contributed by atoms with Crippen molar-refractivity contribution in [1.82, 2.24) is 0 Å². The van der Waals surface area contributed by atoms with Crippen LogP contribution in [0.3, 0.4) is 0 Å². The van der Waals surface area contributed by atoms with E-state index in [-0.39, 0.29) is 64.2 Å². The first-order valence-corrected chi connectivity index (χ1v) is 6.14. The first-order chi connectivity index (χ1) is 1.73. The zero-order valence-corrected chi connectivity index (χ0v) is 11.7. The van der Waals surface area contributed by atoms with Crippen molar-refractivity contribution < 1.29 is 56.8 Å². The molecule has 0 N–H and O–H groups in total. The van der Waals surface area contributed by atoms with Crippen LogP contribution in [-0.2, 0) is 56.8 Å². The van der Waals surface area contributed by atoms with Crippen LogP contribution in [0, 0.1) is 0 Å². The zero-order chi connectivity index (χ0) is 3.58. The van der Waals surface area contributed by atoms with Gasteiger partial charge in [-0.25, -0.2) is 0 Å². The number of hydrogen-bond acceptors (Lipinski definition) is 0. The molecule has 0 fully saturated rings. The summed E-state index contributed by atoms with van der Waals surface area (Å²) in [5, 5.41) is 0. The summed E-state index contributed by atoms with van der Waals surface area (Å²) in [6.45, 7) is 2.07. The van der Waals surface area contributed by atoms with Gasteiger partial charge in [0.25, 0.3) is 0 Å². The fourth-order valence-electron chi connectivity index (χ4n) is 0. The molecule has 0 aromatic carbocycles. The van der Waals surface area contributed by atoms with Crippen molar-refractivity contribution in [3.8, 4) is 0 Å². The van der Waals surface area contributed by atoms with Crippen LogP contribution < -0.4 is 0 Å². The Hall–Kier alpha value is 2.50. The third-order valence-electron chi connectivity index (χ3n) is 0. The van der Waals surface area contributed by atoms with Crippen LogP contribution in [0.2, 0.25) is 0 Å². The van der Waals surface area contributed by atoms with E-state index >= 15 is 0 Å². The largest absolute Gasteiger partial charge is 0.179 e. The third-order valence-corrected chi connectivity index (χ3v) is 0. The van der Waals surface area contributed by atoms with Crippen molar-refractivity contribution in [3.63, 3.8) is 0 Å². The molecular formula is CH6BCrFeNbPSi. The van der Waals surface area contributed by atoms with Gasteiger partial charge in [0.05, 0.1) is 0 Å². The summed E-state index contributed by atoms with van der Waals surface area (Å²) >= 11 is 0. The Balaban J connectivity index is -0.0000000150. The molecule has 0 saturated heterocycles. The molecule has 41 valence electrons. The van der Waals surface area contributed by atoms with E-state index in [9.17, 15) is 0 Å². The van der Waals surface area contributed by atoms with Gasteiger partial charge in [-0.1, -0.05) is 6.66 Å². The molecule has 6 heteroatoms. The number of hydrogen-bond donors (Lipinski definition) is 0. The van der Waals surface area contributed by atoms with Crippen molar-refractivity contribution in [2.45, 2.75) is 0 Å². The molecule has 0 rings (SSSR count). The summed E-state index contributed by atoms with van der Waals surface area (Å²) in [5.74, 6) is 0. The van der Waals surface area contributed by atoms with Crippen LogP contribution in [0.5, 0.6) is 0 Å². The smallest absolute Gasteiger partial charge is 0.102 e. The van der Waals surface area contributed by atoms with Crippen LogP contribution in [0.15, 0.2) is 0 Å². The maximum absolute atomic E-state index is 5.24. The molecule has 0 nitrogen and oxygen atoms in total. The molecule has 1 atom stereocenters. The Kier molecular flexibility index (Phi) is 51.2. The Morgan fingerprint density at radius 3 is 1.57 bits per heavy atom. The predicted octanol–water partition coefficient (Wildman–Crippen LogP) is -0.546. The first-order valence-electron chi connectivity index (χ1n) is 1.15. The molecule has 0 aliphatic heterocycles. The summed E-state index contributed by atoms with van der Waals surface area (Å²) < 4.78 is 0. The van der Waals surface area contributed by atoms with Gasteiger partial charge in [0.15, 0.2) is 0 Å². The van der Waals surface area contributed by atoms with Gasteiger partial charge in [-0.05, 0) is 0 Å². The van der Waals surface area contributed by atoms with E-state index in [4.69, 9.17) is 7.57 Å². The van der Waals surface area contributed by atoms with Crippen molar-refractivity contribution in [2.75, 3.05) is 6.66 Å². The van der Waals surface area contributed by atoms with E-state index in [1.54, 1.807) is 0 Å². The van der Waals surface area contributed by atoms with Gasteiger partial charge in [0, 0.05) is 66.7 Å². The van der Waals surface area contributed by atoms with E-state index in [1.165, 1.54) is 9.91 Å². The van der Waals surface area contributed by atoms with Gasteiger partial charge >= 0.3 is 0 Å². The molecule has 7 heavy (non-hydrogen) atoms. The standard InChI is InChI=1S/CH6BPSi.Cr.Fe.Nb/c1-3(2)4;;;/h1,4H3;;;. The van der Waals surface area contributed by atoms with Gasteiger partial charge in [0.1, 0.15) is 7.57 Å². The van der Waals surface area contributed by atoms with Crippen molar-refractivity contribution in [1.29, 1.82) is 0 Å². The van der Waals surface area contributed by atoms with Crippen LogP contribution in [0.25, 0.3) is 0 Å². The maximum Gasteiger partial charge on any atom is 0.102 e. The van der Waals surface area contributed by atoms with E-state index < -0.39 is 0 Å². The Morgan fingerprint density at radius 1 is 1.57 bits per heavy atom. The second-order valence-electron chi connectivity index (χ2n) is 0.964. The van der Waals surface area contributed by atoms with Gasteiger partial charge in [-0.3, -0.25) is 0 Å². The summed E-state index contributed by atoms with van der Waals surface area (Å²) in [5.41, 5.74) is 0. The Morgan fingerprint density at radius 2 is 1.57 bits per heavy atom. The molecule has 1 unspecified atom stereocenters. The molecule has 0 spiro atoms. The molecule has 0 saturated carbocycles. The SMILES string of the molecule is [B]P(C)[SiH3].[Cr].[Fe].[Nb]. The van der Waals surface area contributed by atoms with E-state index in [1.807, 2.05) is 0 Å². The third kappa shape index (κ3) is 57.4. The molecule has 0 amide bonds. The average Bonchev–Trinajstić information content (AvgIpc) is 0.811. The normalized spacial score (nSPS) is 9.29. The predicted molar refractivity (Wildman–Crippen MR) is 28.5 cm³/mol. The first kappa shape index (κ1) is 22.7. The molecule has 0 aromatic heterocycles. The van der Waals surface area contributed by atoms with Gasteiger partial charge < -0.3 is 0 Å². The van der Waals surface area contributed by atoms with Crippen LogP contribution >= 0.6 is 7.35 Å². The minimum atomic E-state index is 0. The molecule has 0 heterocycles. The topological polar surface area (TPSA) is 0 Å². The summed E-state index contributed by atoms with van der Waals surface area (Å²) in [7, 11) is 6.45. The Labute approximate surface area is 87.5 Å². The van der Waals surface area contributed by atoms with Gasteiger partial charge in [-0.15, -0.1) is 0 Å². The molecule has 3 radical (unpaired) electrons. The minimum Gasteiger partial charge on any atom is -0.179 e. The van der Waals surface area contributed by atoms with Gasteiger partial charge in [0.2, 0.25) is 0 Å². The summed E-state index contributed by atoms with van der Waals surface area (Å²) in [6, 6.07) is 0. The van der Waals surface area contributed by atoms with Crippen molar-refractivity contribution in [3.05, 3.63) is 0 Å². The average molecular weight is 289 g/mol. The van der Waals surface area contributed by atoms with Crippen LogP contribution in [0.4, 0.5) is 0 Å². The fraction of sp³-hybridized carbons (Fsp3) is 1.00. The zero-order valence-electron chi connectivity index (χ0n) is 4.23. The van der Waals surface area contributed by atoms with E-state index in [2.05, 4.69) is 6.66 Å². The summed E-state index contributed by atoms with van der Waals surface area (Å²) in [4.78, 5) is 0. The van der Waals surface area contributed by atoms with Crippen LogP contribution in [0.1, 0.15) is 0 Å². The summed E-state index contributed by atoms with van der Waals surface area (Å²) in [6.07, 6.45) is 0. The van der Waals surface area contributed by atoms with Crippen molar-refractivity contribution in [2.24, 2.45) is 0 Å². The minimum absolute atomic E-state index is 0. The molecule has 0 aliphatic carbocycles. The molecular weight excluding hydrogens is 283 g/mol. The maximum atomic E-state index is 5.24. The van der Waals surface area contributed by atoms with Crippen molar-refractivity contribution >= 4 is 24.8 Å². The quantitative estimate of drug-likeness (QED) is 0.415.